The van der Waals surface area contributed by atoms with E-state index in [0.717, 1.165) is 23.6 Å². The Morgan fingerprint density at radius 2 is 2.07 bits per heavy atom. The van der Waals surface area contributed by atoms with Crippen LogP contribution in [-0.4, -0.2) is 49.2 Å². The molecule has 0 aliphatic rings. The minimum Gasteiger partial charge on any atom is -0.484 e. The molecule has 0 saturated carbocycles. The first-order valence-electron chi connectivity index (χ1n) is 9.78. The zero-order valence-electron chi connectivity index (χ0n) is 17.9. The summed E-state index contributed by atoms with van der Waals surface area (Å²) in [5.74, 6) is 2.34. The number of likely N-dealkylation sites (N-methyl/N-ethyl adjacent to an activating group) is 1. The number of hydrogen-bond donors (Lipinski definition) is 2. The van der Waals surface area contributed by atoms with Gasteiger partial charge < -0.3 is 24.8 Å². The van der Waals surface area contributed by atoms with Crippen LogP contribution in [0.25, 0.3) is 0 Å². The molecule has 0 fully saturated rings. The Bertz CT molecular complexity index is 814. The summed E-state index contributed by atoms with van der Waals surface area (Å²) in [7, 11) is 3.41. The SMILES string of the molecule is CCNC(=NCc1cccc(OCC(=O)N(C)C)c1)NCc1cc(C(C)C)no1. The molecule has 0 spiro atoms. The van der Waals surface area contributed by atoms with Crippen molar-refractivity contribution in [2.45, 2.75) is 39.8 Å². The second kappa shape index (κ2) is 11.1. The maximum absolute atomic E-state index is 11.7. The molecular formula is C21H31N5O3. The Kier molecular flexibility index (Phi) is 8.51. The minimum absolute atomic E-state index is 0.0134. The van der Waals surface area contributed by atoms with Crippen LogP contribution >= 0.6 is 0 Å². The van der Waals surface area contributed by atoms with Gasteiger partial charge in [0.25, 0.3) is 5.91 Å². The van der Waals surface area contributed by atoms with Gasteiger partial charge in [0.05, 0.1) is 18.8 Å². The van der Waals surface area contributed by atoms with Crippen molar-refractivity contribution in [1.29, 1.82) is 0 Å². The van der Waals surface area contributed by atoms with Crippen LogP contribution in [0.15, 0.2) is 39.8 Å². The summed E-state index contributed by atoms with van der Waals surface area (Å²) < 4.78 is 10.9. The number of amides is 1. The third-order valence-corrected chi connectivity index (χ3v) is 4.12. The molecule has 0 radical (unpaired) electrons. The van der Waals surface area contributed by atoms with Gasteiger partial charge in [-0.1, -0.05) is 31.1 Å². The van der Waals surface area contributed by atoms with Crippen molar-refractivity contribution >= 4 is 11.9 Å². The fourth-order valence-electron chi connectivity index (χ4n) is 2.38. The van der Waals surface area contributed by atoms with Gasteiger partial charge in [-0.05, 0) is 30.5 Å². The predicted molar refractivity (Wildman–Crippen MR) is 113 cm³/mol. The number of carbonyl (C=O) groups is 1. The quantitative estimate of drug-likeness (QED) is 0.496. The Hall–Kier alpha value is -3.03. The van der Waals surface area contributed by atoms with Gasteiger partial charge in [0, 0.05) is 26.7 Å². The summed E-state index contributed by atoms with van der Waals surface area (Å²) in [6.45, 7) is 7.90. The lowest BCUT2D eigenvalue weighted by molar-refractivity contribution is -0.130. The molecule has 29 heavy (non-hydrogen) atoms. The summed E-state index contributed by atoms with van der Waals surface area (Å²) in [5.41, 5.74) is 1.92. The molecule has 1 heterocycles. The van der Waals surface area contributed by atoms with Crippen molar-refractivity contribution in [2.75, 3.05) is 27.2 Å². The number of aromatic nitrogens is 1. The molecular weight excluding hydrogens is 370 g/mol. The van der Waals surface area contributed by atoms with Crippen molar-refractivity contribution in [2.24, 2.45) is 4.99 Å². The molecule has 8 nitrogen and oxygen atoms in total. The van der Waals surface area contributed by atoms with Crippen molar-refractivity contribution in [3.63, 3.8) is 0 Å². The molecule has 0 aliphatic heterocycles. The molecule has 0 saturated heterocycles. The number of ether oxygens (including phenoxy) is 1. The van der Waals surface area contributed by atoms with E-state index in [1.165, 1.54) is 4.90 Å². The zero-order valence-corrected chi connectivity index (χ0v) is 17.9. The Morgan fingerprint density at radius 1 is 1.28 bits per heavy atom. The monoisotopic (exact) mass is 401 g/mol. The first kappa shape index (κ1) is 22.3. The van der Waals surface area contributed by atoms with E-state index in [9.17, 15) is 4.79 Å². The normalized spacial score (nSPS) is 11.4. The smallest absolute Gasteiger partial charge is 0.259 e. The number of aliphatic imine (C=N–C) groups is 1. The molecule has 1 amide bonds. The molecule has 158 valence electrons. The average molecular weight is 402 g/mol. The van der Waals surface area contributed by atoms with Gasteiger partial charge >= 0.3 is 0 Å². The first-order chi connectivity index (χ1) is 13.9. The molecule has 0 atom stereocenters. The molecule has 1 aromatic heterocycles. The molecule has 0 aliphatic carbocycles. The van der Waals surface area contributed by atoms with Gasteiger partial charge in [0.1, 0.15) is 5.75 Å². The van der Waals surface area contributed by atoms with Crippen LogP contribution in [0.5, 0.6) is 5.75 Å². The van der Waals surface area contributed by atoms with E-state index in [2.05, 4.69) is 34.6 Å². The molecule has 0 bridgehead atoms. The Morgan fingerprint density at radius 3 is 2.72 bits per heavy atom. The highest BCUT2D eigenvalue weighted by Crippen LogP contribution is 2.15. The van der Waals surface area contributed by atoms with E-state index in [4.69, 9.17) is 9.26 Å². The Labute approximate surface area is 172 Å². The van der Waals surface area contributed by atoms with E-state index in [0.29, 0.717) is 30.7 Å². The summed E-state index contributed by atoms with van der Waals surface area (Å²) in [5, 5.41) is 10.5. The van der Waals surface area contributed by atoms with Crippen LogP contribution in [0, 0.1) is 0 Å². The van der Waals surface area contributed by atoms with Gasteiger partial charge in [-0.3, -0.25) is 4.79 Å². The highest BCUT2D eigenvalue weighted by Gasteiger charge is 2.08. The van der Waals surface area contributed by atoms with Crippen molar-refractivity contribution in [3.05, 3.63) is 47.3 Å². The molecule has 0 unspecified atom stereocenters. The fourth-order valence-corrected chi connectivity index (χ4v) is 2.38. The lowest BCUT2D eigenvalue weighted by atomic mass is 10.1. The maximum atomic E-state index is 11.7. The van der Waals surface area contributed by atoms with Crippen LogP contribution in [0.1, 0.15) is 43.7 Å². The number of nitrogens with one attached hydrogen (secondary N) is 2. The first-order valence-corrected chi connectivity index (χ1v) is 9.78. The summed E-state index contributed by atoms with van der Waals surface area (Å²) >= 11 is 0. The third kappa shape index (κ3) is 7.48. The van der Waals surface area contributed by atoms with Crippen molar-refractivity contribution < 1.29 is 14.1 Å². The summed E-state index contributed by atoms with van der Waals surface area (Å²) in [6.07, 6.45) is 0. The predicted octanol–water partition coefficient (Wildman–Crippen LogP) is 2.52. The van der Waals surface area contributed by atoms with Gasteiger partial charge in [-0.2, -0.15) is 0 Å². The van der Waals surface area contributed by atoms with Gasteiger partial charge in [0.2, 0.25) is 0 Å². The molecule has 2 aromatic rings. The molecule has 8 heteroatoms. The number of benzene rings is 1. The number of nitrogens with zero attached hydrogens (tertiary/aromatic N) is 3. The van der Waals surface area contributed by atoms with E-state index in [1.807, 2.05) is 37.3 Å². The van der Waals surface area contributed by atoms with Crippen LogP contribution in [-0.2, 0) is 17.9 Å². The molecule has 2 N–H and O–H groups in total. The minimum atomic E-state index is -0.0832. The van der Waals surface area contributed by atoms with Gasteiger partial charge in [0.15, 0.2) is 18.3 Å². The number of hydrogen-bond acceptors (Lipinski definition) is 5. The zero-order chi connectivity index (χ0) is 21.2. The standard InChI is InChI=1S/C21H31N5O3/c1-6-22-21(24-13-18-11-19(15(2)3)25-29-18)23-12-16-8-7-9-17(10-16)28-14-20(27)26(4)5/h7-11,15H,6,12-14H2,1-5H3,(H2,22,23,24). The largest absolute Gasteiger partial charge is 0.484 e. The van der Waals surface area contributed by atoms with E-state index in [1.54, 1.807) is 14.1 Å². The van der Waals surface area contributed by atoms with Gasteiger partial charge in [-0.25, -0.2) is 4.99 Å². The second-order valence-corrected chi connectivity index (χ2v) is 7.15. The third-order valence-electron chi connectivity index (χ3n) is 4.12. The summed E-state index contributed by atoms with van der Waals surface area (Å²) in [6, 6.07) is 9.54. The van der Waals surface area contributed by atoms with Crippen molar-refractivity contribution in [3.8, 4) is 5.75 Å². The van der Waals surface area contributed by atoms with Crippen LogP contribution in [0.3, 0.4) is 0 Å². The second-order valence-electron chi connectivity index (χ2n) is 7.15. The van der Waals surface area contributed by atoms with Gasteiger partial charge in [-0.15, -0.1) is 0 Å². The van der Waals surface area contributed by atoms with E-state index < -0.39 is 0 Å². The highest BCUT2D eigenvalue weighted by molar-refractivity contribution is 5.79. The lowest BCUT2D eigenvalue weighted by Crippen LogP contribution is -2.36. The molecule has 2 rings (SSSR count). The van der Waals surface area contributed by atoms with Crippen LogP contribution in [0.2, 0.25) is 0 Å². The fraction of sp³-hybridized carbons (Fsp3) is 0.476. The maximum Gasteiger partial charge on any atom is 0.259 e. The van der Waals surface area contributed by atoms with Crippen molar-refractivity contribution in [1.82, 2.24) is 20.7 Å². The number of rotatable bonds is 9. The van der Waals surface area contributed by atoms with Crippen LogP contribution in [0.4, 0.5) is 0 Å². The van der Waals surface area contributed by atoms with Crippen LogP contribution < -0.4 is 15.4 Å². The van der Waals surface area contributed by atoms with E-state index in [-0.39, 0.29) is 12.5 Å². The average Bonchev–Trinajstić information content (AvgIpc) is 3.18. The number of guanidine groups is 1. The lowest BCUT2D eigenvalue weighted by Gasteiger charge is -2.12. The number of carbonyl (C=O) groups excluding carboxylic acids is 1. The van der Waals surface area contributed by atoms with E-state index >= 15 is 0 Å². The topological polar surface area (TPSA) is 92.0 Å². The molecule has 1 aromatic carbocycles. The highest BCUT2D eigenvalue weighted by atomic mass is 16.5. The summed E-state index contributed by atoms with van der Waals surface area (Å²) in [4.78, 5) is 17.8. The Balaban J connectivity index is 1.94.